The van der Waals surface area contributed by atoms with Crippen LogP contribution in [0.2, 0.25) is 0 Å². The van der Waals surface area contributed by atoms with E-state index in [4.69, 9.17) is 17.3 Å². The van der Waals surface area contributed by atoms with Crippen LogP contribution in [0.3, 0.4) is 0 Å². The van der Waals surface area contributed by atoms with Crippen molar-refractivity contribution in [1.82, 2.24) is 4.90 Å². The number of benzene rings is 1. The van der Waals surface area contributed by atoms with E-state index in [9.17, 15) is 9.59 Å². The van der Waals surface area contributed by atoms with Crippen molar-refractivity contribution in [2.24, 2.45) is 0 Å². The minimum atomic E-state index is -1.04. The van der Waals surface area contributed by atoms with Crippen LogP contribution in [0.1, 0.15) is 24.8 Å². The molecule has 1 aromatic carbocycles. The Labute approximate surface area is 161 Å². The number of aliphatic carboxylic acids is 1. The van der Waals surface area contributed by atoms with Gasteiger partial charge >= 0.3 is 5.97 Å². The fourth-order valence-corrected chi connectivity index (χ4v) is 5.23. The van der Waals surface area contributed by atoms with Crippen molar-refractivity contribution in [3.63, 3.8) is 0 Å². The smallest absolute Gasteiger partial charge is 0.323 e. The standard InChI is InChI=1S/C19H22N2O3S2/c22-17-14-26(19(25)21(17)12-18(23)24)13-15-7-6-8-16(11-15)20-9-4-2-1-3-5-10-20/h1-2,6-8,11,13H,3-5,9-10,12,14H2,(H,23,24)/b2-1-. The Bertz CT molecular complexity index is 789. The monoisotopic (exact) mass is 390 g/mol. The van der Waals surface area contributed by atoms with Gasteiger partial charge in [-0.15, -0.1) is 10.5 Å². The predicted molar refractivity (Wildman–Crippen MR) is 111 cm³/mol. The van der Waals surface area contributed by atoms with Crippen LogP contribution in [0, 0.1) is 0 Å². The summed E-state index contributed by atoms with van der Waals surface area (Å²) >= 11 is 5.35. The molecule has 0 aliphatic carbocycles. The van der Waals surface area contributed by atoms with Crippen LogP contribution in [-0.4, -0.2) is 57.0 Å². The van der Waals surface area contributed by atoms with Crippen molar-refractivity contribution in [3.05, 3.63) is 42.0 Å². The first kappa shape index (κ1) is 18.8. The predicted octanol–water partition coefficient (Wildman–Crippen LogP) is 2.86. The number of amides is 1. The van der Waals surface area contributed by atoms with Crippen molar-refractivity contribution in [1.29, 1.82) is 0 Å². The van der Waals surface area contributed by atoms with Crippen LogP contribution in [0.15, 0.2) is 36.4 Å². The number of carboxylic acids is 1. The molecule has 1 N–H and O–H groups in total. The van der Waals surface area contributed by atoms with E-state index in [0.717, 1.165) is 37.9 Å². The van der Waals surface area contributed by atoms with Gasteiger partial charge in [0.2, 0.25) is 5.91 Å². The minimum Gasteiger partial charge on any atom is -0.480 e. The molecular weight excluding hydrogens is 368 g/mol. The van der Waals surface area contributed by atoms with E-state index in [1.54, 1.807) is 0 Å². The maximum atomic E-state index is 12.1. The van der Waals surface area contributed by atoms with Gasteiger partial charge in [-0.05, 0) is 42.3 Å². The Balaban J connectivity index is 1.79. The van der Waals surface area contributed by atoms with Gasteiger partial charge < -0.3 is 10.0 Å². The summed E-state index contributed by atoms with van der Waals surface area (Å²) in [7, 11) is -0.529. The quantitative estimate of drug-likeness (QED) is 0.633. The molecule has 0 aromatic heterocycles. The first-order chi connectivity index (χ1) is 12.5. The molecule has 1 saturated heterocycles. The highest BCUT2D eigenvalue weighted by atomic mass is 32.2. The van der Waals surface area contributed by atoms with Gasteiger partial charge in [-0.25, -0.2) is 0 Å². The molecule has 7 heteroatoms. The van der Waals surface area contributed by atoms with Crippen LogP contribution >= 0.6 is 22.7 Å². The number of hydrogen-bond acceptors (Lipinski definition) is 4. The van der Waals surface area contributed by atoms with Gasteiger partial charge in [0, 0.05) is 18.8 Å². The van der Waals surface area contributed by atoms with E-state index in [1.807, 2.05) is 17.5 Å². The molecule has 0 saturated carbocycles. The number of thiocarbonyl (C=S) groups is 1. The third kappa shape index (κ3) is 4.59. The molecule has 138 valence electrons. The molecule has 2 aliphatic rings. The van der Waals surface area contributed by atoms with Crippen molar-refractivity contribution >= 4 is 50.0 Å². The second kappa shape index (κ2) is 8.60. The molecular formula is C19H22N2O3S2. The number of rotatable bonds is 4. The van der Waals surface area contributed by atoms with Gasteiger partial charge in [-0.2, -0.15) is 0 Å². The highest BCUT2D eigenvalue weighted by Gasteiger charge is 2.31. The van der Waals surface area contributed by atoms with Gasteiger partial charge in [0.1, 0.15) is 10.9 Å². The molecule has 2 heterocycles. The number of carbonyl (C=O) groups is 2. The maximum absolute atomic E-state index is 12.1. The molecule has 3 rings (SSSR count). The molecule has 1 aromatic rings. The van der Waals surface area contributed by atoms with E-state index in [2.05, 4.69) is 29.2 Å². The normalized spacial score (nSPS) is 22.4. The number of carboxylic acid groups (broad SMARTS) is 1. The maximum Gasteiger partial charge on any atom is 0.323 e. The summed E-state index contributed by atoms with van der Waals surface area (Å²) in [5, 5.41) is 10.9. The molecule has 1 amide bonds. The molecule has 1 atom stereocenters. The van der Waals surface area contributed by atoms with Gasteiger partial charge in [0.05, 0.1) is 5.75 Å². The number of anilines is 1. The first-order valence-electron chi connectivity index (χ1n) is 8.65. The van der Waals surface area contributed by atoms with Crippen molar-refractivity contribution in [3.8, 4) is 0 Å². The van der Waals surface area contributed by atoms with E-state index >= 15 is 0 Å². The Kier molecular flexibility index (Phi) is 6.21. The van der Waals surface area contributed by atoms with Crippen molar-refractivity contribution < 1.29 is 14.7 Å². The Hall–Kier alpha value is -1.99. The zero-order valence-electron chi connectivity index (χ0n) is 14.5. The van der Waals surface area contributed by atoms with Crippen molar-refractivity contribution in [2.45, 2.75) is 19.3 Å². The zero-order valence-corrected chi connectivity index (χ0v) is 16.1. The van der Waals surface area contributed by atoms with E-state index in [-0.39, 0.29) is 18.2 Å². The minimum absolute atomic E-state index is 0.205. The summed E-state index contributed by atoms with van der Waals surface area (Å²) in [6.07, 6.45) is 7.78. The lowest BCUT2D eigenvalue weighted by Crippen LogP contribution is -2.33. The van der Waals surface area contributed by atoms with E-state index < -0.39 is 16.5 Å². The van der Waals surface area contributed by atoms with Gasteiger partial charge in [0.15, 0.2) is 0 Å². The van der Waals surface area contributed by atoms with E-state index in [0.29, 0.717) is 4.32 Å². The SMILES string of the molecule is O=C(O)CN1C(=O)C/S(=C\c2cccc(N3CC/C=C\CCC3)c2)C1=S. The second-order valence-electron chi connectivity index (χ2n) is 6.31. The van der Waals surface area contributed by atoms with Crippen LogP contribution in [0.4, 0.5) is 5.69 Å². The number of nitrogens with zero attached hydrogens (tertiary/aromatic N) is 2. The fourth-order valence-electron chi connectivity index (χ4n) is 3.09. The molecule has 5 nitrogen and oxygen atoms in total. The molecule has 0 bridgehead atoms. The molecule has 2 aliphatic heterocycles. The summed E-state index contributed by atoms with van der Waals surface area (Å²) in [5.41, 5.74) is 2.20. The number of hydrogen-bond donors (Lipinski definition) is 1. The number of carbonyl (C=O) groups excluding carboxylic acids is 1. The highest BCUT2D eigenvalue weighted by molar-refractivity contribution is 8.35. The summed E-state index contributed by atoms with van der Waals surface area (Å²) in [6, 6.07) is 8.27. The molecule has 1 unspecified atom stereocenters. The van der Waals surface area contributed by atoms with Crippen LogP contribution in [0.25, 0.3) is 0 Å². The third-order valence-corrected chi connectivity index (χ3v) is 7.01. The highest BCUT2D eigenvalue weighted by Crippen LogP contribution is 2.28. The molecule has 1 fully saturated rings. The van der Waals surface area contributed by atoms with Gasteiger partial charge in [-0.1, -0.05) is 36.5 Å². The summed E-state index contributed by atoms with van der Waals surface area (Å²) in [5.74, 6) is -0.979. The van der Waals surface area contributed by atoms with Crippen molar-refractivity contribution in [2.75, 3.05) is 30.3 Å². The van der Waals surface area contributed by atoms with Crippen LogP contribution in [0.5, 0.6) is 0 Å². The Morgan fingerprint density at radius 1 is 1.27 bits per heavy atom. The Morgan fingerprint density at radius 3 is 2.88 bits per heavy atom. The average molecular weight is 391 g/mol. The zero-order chi connectivity index (χ0) is 18.5. The van der Waals surface area contributed by atoms with Gasteiger partial charge in [0.25, 0.3) is 0 Å². The molecule has 0 spiro atoms. The number of allylic oxidation sites excluding steroid dienone is 1. The summed E-state index contributed by atoms with van der Waals surface area (Å²) < 4.78 is 0.430. The molecule has 0 radical (unpaired) electrons. The lowest BCUT2D eigenvalue weighted by molar-refractivity contribution is -0.140. The van der Waals surface area contributed by atoms with Crippen LogP contribution in [-0.2, 0) is 9.59 Å². The van der Waals surface area contributed by atoms with Crippen LogP contribution < -0.4 is 4.90 Å². The second-order valence-corrected chi connectivity index (χ2v) is 8.73. The molecule has 26 heavy (non-hydrogen) atoms. The first-order valence-corrected chi connectivity index (χ1v) is 10.5. The lowest BCUT2D eigenvalue weighted by Gasteiger charge is -2.25. The van der Waals surface area contributed by atoms with E-state index in [1.165, 1.54) is 10.6 Å². The summed E-state index contributed by atoms with van der Waals surface area (Å²) in [4.78, 5) is 26.6. The topological polar surface area (TPSA) is 60.9 Å². The fraction of sp³-hybridized carbons (Fsp3) is 0.368. The third-order valence-electron chi connectivity index (χ3n) is 4.36. The largest absolute Gasteiger partial charge is 0.480 e. The lowest BCUT2D eigenvalue weighted by atomic mass is 10.1. The summed E-state index contributed by atoms with van der Waals surface area (Å²) in [6.45, 7) is 1.67. The van der Waals surface area contributed by atoms with Gasteiger partial charge in [-0.3, -0.25) is 14.5 Å². The average Bonchev–Trinajstić information content (AvgIpc) is 2.82. The Morgan fingerprint density at radius 2 is 2.08 bits per heavy atom.